The fraction of sp³-hybridized carbons (Fsp3) is 0.250. The van der Waals surface area contributed by atoms with Gasteiger partial charge >= 0.3 is 336 Å². The molecule has 0 aromatic heterocycles. The average molecular weight is 887 g/mol. The molecule has 2 nitrogen and oxygen atoms in total. The van der Waals surface area contributed by atoms with Crippen LogP contribution in [0, 0.1) is 0 Å². The summed E-state index contributed by atoms with van der Waals surface area (Å²) in [5, 5.41) is 7.87. The fourth-order valence-corrected chi connectivity index (χ4v) is 13.6. The van der Waals surface area contributed by atoms with E-state index in [9.17, 15) is 0 Å². The van der Waals surface area contributed by atoms with Gasteiger partial charge in [-0.2, -0.15) is 0 Å². The minimum atomic E-state index is -1.94. The normalized spacial score (nSPS) is 11.2. The summed E-state index contributed by atoms with van der Waals surface area (Å²) in [6.45, 7) is 18.4. The van der Waals surface area contributed by atoms with Crippen molar-refractivity contribution < 1.29 is 29.7 Å². The maximum Gasteiger partial charge on any atom is -0.147 e. The third kappa shape index (κ3) is 10.8. The van der Waals surface area contributed by atoms with Crippen molar-refractivity contribution in [2.24, 2.45) is 0 Å². The van der Waals surface area contributed by atoms with Gasteiger partial charge in [0.05, 0.1) is 0 Å². The molecule has 0 N–H and O–H groups in total. The van der Waals surface area contributed by atoms with Crippen LogP contribution in [0.5, 0.6) is 11.5 Å². The van der Waals surface area contributed by atoms with E-state index in [2.05, 4.69) is 201 Å². The molecule has 0 aliphatic carbocycles. The van der Waals surface area contributed by atoms with E-state index in [1.807, 2.05) is 0 Å². The zero-order valence-corrected chi connectivity index (χ0v) is 39.1. The van der Waals surface area contributed by atoms with Gasteiger partial charge in [-0.1, -0.05) is 0 Å². The largest absolute Gasteiger partial charge is 0.147 e. The van der Waals surface area contributed by atoms with Crippen molar-refractivity contribution in [2.45, 2.75) is 79.1 Å². The predicted molar refractivity (Wildman–Crippen MR) is 242 cm³/mol. The molecular weight excluding hydrogens is 833 g/mol. The van der Waals surface area contributed by atoms with Crippen molar-refractivity contribution >= 4 is 72.5 Å². The third-order valence-electron chi connectivity index (χ3n) is 9.64. The van der Waals surface area contributed by atoms with E-state index in [1.165, 1.54) is 54.1 Å². The molecule has 0 aliphatic heterocycles. The number of benzene rings is 6. The maximum atomic E-state index is 7.22. The van der Waals surface area contributed by atoms with Crippen LogP contribution in [0.15, 0.2) is 146 Å². The van der Waals surface area contributed by atoms with Gasteiger partial charge in [0.25, 0.3) is 0 Å². The van der Waals surface area contributed by atoms with Crippen LogP contribution in [0.25, 0.3) is 0 Å². The van der Waals surface area contributed by atoms with Crippen molar-refractivity contribution in [2.75, 3.05) is 0 Å². The van der Waals surface area contributed by atoms with Crippen molar-refractivity contribution in [1.29, 1.82) is 0 Å². The monoisotopic (exact) mass is 884 g/mol. The van der Waals surface area contributed by atoms with Gasteiger partial charge in [-0.15, -0.1) is 24.8 Å². The summed E-state index contributed by atoms with van der Waals surface area (Å²) in [4.78, 5) is 0. The van der Waals surface area contributed by atoms with Crippen LogP contribution in [0.3, 0.4) is 0 Å². The van der Waals surface area contributed by atoms with E-state index in [4.69, 9.17) is 5.63 Å². The Morgan fingerprint density at radius 1 is 0.382 bits per heavy atom. The molecule has 0 bridgehead atoms. The first-order valence-corrected chi connectivity index (χ1v) is 23.6. The summed E-state index contributed by atoms with van der Waals surface area (Å²) in [6.07, 6.45) is 0. The first kappa shape index (κ1) is 45.0. The number of rotatable bonds is 14. The Bertz CT molecular complexity index is 1850. The van der Waals surface area contributed by atoms with Gasteiger partial charge in [-0.3, -0.25) is 0 Å². The average Bonchev–Trinajstić information content (AvgIpc) is 3.17. The topological polar surface area (TPSA) is 18.5 Å². The summed E-state index contributed by atoms with van der Waals surface area (Å²) in [7, 11) is -1.75. The third-order valence-corrected chi connectivity index (χ3v) is 15.9. The van der Waals surface area contributed by atoms with Gasteiger partial charge in [-0.05, 0) is 0 Å². The molecular formula is C48H54Cl2O2P2Zr. The van der Waals surface area contributed by atoms with E-state index in [0.717, 1.165) is 11.5 Å². The van der Waals surface area contributed by atoms with Crippen LogP contribution in [0.1, 0.15) is 101 Å². The van der Waals surface area contributed by atoms with Gasteiger partial charge in [0, 0.05) is 0 Å². The molecule has 6 aromatic carbocycles. The molecule has 6 aromatic rings. The molecule has 0 unspecified atom stereocenters. The Balaban J connectivity index is 0.00000336. The summed E-state index contributed by atoms with van der Waals surface area (Å²) in [5.41, 5.74) is 5.24. The van der Waals surface area contributed by atoms with Crippen LogP contribution < -0.4 is 37.5 Å². The Kier molecular flexibility index (Phi) is 17.3. The molecule has 0 saturated carbocycles. The van der Waals surface area contributed by atoms with E-state index in [-0.39, 0.29) is 24.8 Å². The number of halogens is 2. The molecule has 6 rings (SSSR count). The van der Waals surface area contributed by atoms with Gasteiger partial charge in [0.15, 0.2) is 0 Å². The van der Waals surface area contributed by atoms with Gasteiger partial charge in [-0.25, -0.2) is 0 Å². The molecule has 55 heavy (non-hydrogen) atoms. The number of hydrogen-bond acceptors (Lipinski definition) is 2. The van der Waals surface area contributed by atoms with Gasteiger partial charge in [0.1, 0.15) is 0 Å². The predicted octanol–water partition coefficient (Wildman–Crippen LogP) is 11.9. The maximum absolute atomic E-state index is 7.22. The Labute approximate surface area is 358 Å². The minimum absolute atomic E-state index is 0. The van der Waals surface area contributed by atoms with Crippen molar-refractivity contribution in [3.05, 3.63) is 168 Å². The van der Waals surface area contributed by atoms with E-state index in [1.54, 1.807) is 0 Å². The minimum Gasteiger partial charge on any atom is -0.147 e. The Hall–Kier alpha value is -2.76. The molecule has 0 fully saturated rings. The van der Waals surface area contributed by atoms with Crippen LogP contribution >= 0.6 is 40.7 Å². The fourth-order valence-electron chi connectivity index (χ4n) is 6.66. The van der Waals surface area contributed by atoms with Gasteiger partial charge in [0.2, 0.25) is 0 Å². The standard InChI is InChI=1S/2C24H27OP.2ClH.Zr/c2*1-17(2)19-15-22(18(3)4)24(25)23(16-19)26(20-11-7-5-8-12-20)21-13-9-6-10-14-21;;;/h2*5-18,25H,1-4H3;2*1H;/q;;;;+2/p-2. The molecule has 0 radical (unpaired) electrons. The second-order valence-corrected chi connectivity index (χ2v) is 20.6. The van der Waals surface area contributed by atoms with Crippen LogP contribution in [0.4, 0.5) is 0 Å². The van der Waals surface area contributed by atoms with Crippen molar-refractivity contribution in [3.8, 4) is 11.5 Å². The molecule has 0 atom stereocenters. The van der Waals surface area contributed by atoms with Crippen LogP contribution in [-0.4, -0.2) is 0 Å². The molecule has 0 amide bonds. The SMILES string of the molecule is CC(C)c1cc(C(C)C)c([O][Zr][O]c2c(C(C)C)cc(C(C)C)cc2P(c2ccccc2)c2ccccc2)c(P(c2ccccc2)c2ccccc2)c1.Cl.Cl. The summed E-state index contributed by atoms with van der Waals surface area (Å²) in [6, 6.07) is 53.7. The Morgan fingerprint density at radius 2 is 0.655 bits per heavy atom. The Morgan fingerprint density at radius 3 is 0.891 bits per heavy atom. The molecule has 286 valence electrons. The van der Waals surface area contributed by atoms with Crippen molar-refractivity contribution in [3.63, 3.8) is 0 Å². The molecule has 0 aliphatic rings. The summed E-state index contributed by atoms with van der Waals surface area (Å²) in [5.74, 6) is 3.42. The van der Waals surface area contributed by atoms with Gasteiger partial charge < -0.3 is 0 Å². The molecule has 0 spiro atoms. The quantitative estimate of drug-likeness (QED) is 0.101. The number of hydrogen-bond donors (Lipinski definition) is 0. The molecule has 0 heterocycles. The van der Waals surface area contributed by atoms with Crippen molar-refractivity contribution in [1.82, 2.24) is 0 Å². The van der Waals surface area contributed by atoms with Crippen LogP contribution in [-0.2, 0) is 24.1 Å². The first-order chi connectivity index (χ1) is 25.6. The molecule has 7 heteroatoms. The first-order valence-electron chi connectivity index (χ1n) is 18.9. The van der Waals surface area contributed by atoms with E-state index in [0.29, 0.717) is 23.7 Å². The smallest absolute Gasteiger partial charge is 0.147 e. The van der Waals surface area contributed by atoms with E-state index < -0.39 is 40.0 Å². The summed E-state index contributed by atoms with van der Waals surface area (Å²) < 4.78 is 14.4. The van der Waals surface area contributed by atoms with Crippen LogP contribution in [0.2, 0.25) is 0 Å². The van der Waals surface area contributed by atoms with E-state index >= 15 is 0 Å². The second kappa shape index (κ2) is 21.1. The zero-order chi connectivity index (χ0) is 37.5. The summed E-state index contributed by atoms with van der Waals surface area (Å²) >= 11 is -1.94. The molecule has 0 saturated heterocycles. The second-order valence-electron chi connectivity index (χ2n) is 14.8. The zero-order valence-electron chi connectivity index (χ0n) is 33.2.